The van der Waals surface area contributed by atoms with Crippen molar-refractivity contribution < 1.29 is 0 Å². The number of fused-ring (bicyclic) bond motifs is 1. The van der Waals surface area contributed by atoms with E-state index in [1.54, 1.807) is 0 Å². The summed E-state index contributed by atoms with van der Waals surface area (Å²) in [5.74, 6) is 0. The summed E-state index contributed by atoms with van der Waals surface area (Å²) >= 11 is 0. The van der Waals surface area contributed by atoms with Gasteiger partial charge in [-0.15, -0.1) is 0 Å². The average Bonchev–Trinajstić information content (AvgIpc) is 2.56. The zero-order valence-corrected chi connectivity index (χ0v) is 12.8. The Balaban J connectivity index is 2.35. The number of nitrogens with zero attached hydrogens (tertiary/aromatic N) is 2. The Labute approximate surface area is 129 Å². The summed E-state index contributed by atoms with van der Waals surface area (Å²) in [4.78, 5) is 12.6. The van der Waals surface area contributed by atoms with Crippen molar-refractivity contribution in [1.82, 2.24) is 9.78 Å². The molecule has 1 heterocycles. The van der Waals surface area contributed by atoms with Gasteiger partial charge in [-0.1, -0.05) is 48.0 Å². The van der Waals surface area contributed by atoms with Crippen molar-refractivity contribution >= 4 is 10.8 Å². The standard InChI is InChI=1S/C18H19N3O/c1-12-7-9-14(10-8-12)17-15-5-3-4-6-16(15)18(22)21(20-17)13(2)11-19/h3-10,13H,11,19H2,1-2H3. The first-order chi connectivity index (χ1) is 10.6. The summed E-state index contributed by atoms with van der Waals surface area (Å²) in [6, 6.07) is 15.6. The van der Waals surface area contributed by atoms with Gasteiger partial charge in [-0.2, -0.15) is 5.10 Å². The van der Waals surface area contributed by atoms with Crippen LogP contribution in [-0.4, -0.2) is 16.3 Å². The summed E-state index contributed by atoms with van der Waals surface area (Å²) in [7, 11) is 0. The largest absolute Gasteiger partial charge is 0.328 e. The first kappa shape index (κ1) is 14.5. The van der Waals surface area contributed by atoms with Crippen LogP contribution >= 0.6 is 0 Å². The van der Waals surface area contributed by atoms with Gasteiger partial charge < -0.3 is 5.73 Å². The van der Waals surface area contributed by atoms with Gasteiger partial charge in [0.15, 0.2) is 0 Å². The smallest absolute Gasteiger partial charge is 0.274 e. The molecule has 1 aromatic heterocycles. The molecular weight excluding hydrogens is 274 g/mol. The summed E-state index contributed by atoms with van der Waals surface area (Å²) < 4.78 is 1.50. The molecule has 0 fully saturated rings. The zero-order valence-electron chi connectivity index (χ0n) is 12.8. The van der Waals surface area contributed by atoms with Gasteiger partial charge in [0.05, 0.1) is 17.1 Å². The van der Waals surface area contributed by atoms with Crippen LogP contribution in [0, 0.1) is 6.92 Å². The molecule has 2 N–H and O–H groups in total. The van der Waals surface area contributed by atoms with E-state index in [0.717, 1.165) is 16.6 Å². The van der Waals surface area contributed by atoms with Crippen LogP contribution in [0.2, 0.25) is 0 Å². The zero-order chi connectivity index (χ0) is 15.7. The molecule has 0 aliphatic carbocycles. The summed E-state index contributed by atoms with van der Waals surface area (Å²) in [5, 5.41) is 6.14. The van der Waals surface area contributed by atoms with Crippen LogP contribution in [0.5, 0.6) is 0 Å². The molecule has 0 bridgehead atoms. The van der Waals surface area contributed by atoms with Crippen LogP contribution in [0.1, 0.15) is 18.5 Å². The highest BCUT2D eigenvalue weighted by Gasteiger charge is 2.14. The van der Waals surface area contributed by atoms with E-state index in [0.29, 0.717) is 11.9 Å². The number of benzene rings is 2. The van der Waals surface area contributed by atoms with Crippen LogP contribution in [0.25, 0.3) is 22.0 Å². The summed E-state index contributed by atoms with van der Waals surface area (Å²) in [5.41, 5.74) is 8.64. The van der Waals surface area contributed by atoms with E-state index in [9.17, 15) is 4.79 Å². The quantitative estimate of drug-likeness (QED) is 0.807. The lowest BCUT2D eigenvalue weighted by Gasteiger charge is -2.15. The fraction of sp³-hybridized carbons (Fsp3) is 0.222. The Hall–Kier alpha value is -2.46. The number of hydrogen-bond acceptors (Lipinski definition) is 3. The van der Waals surface area contributed by atoms with E-state index in [4.69, 9.17) is 5.73 Å². The van der Waals surface area contributed by atoms with Crippen molar-refractivity contribution in [2.24, 2.45) is 5.73 Å². The van der Waals surface area contributed by atoms with Crippen molar-refractivity contribution in [3.63, 3.8) is 0 Å². The minimum atomic E-state index is -0.138. The van der Waals surface area contributed by atoms with Crippen molar-refractivity contribution in [1.29, 1.82) is 0 Å². The third-order valence-electron chi connectivity index (χ3n) is 3.91. The summed E-state index contributed by atoms with van der Waals surface area (Å²) in [6.45, 7) is 4.33. The van der Waals surface area contributed by atoms with Crippen LogP contribution in [0.4, 0.5) is 0 Å². The maximum Gasteiger partial charge on any atom is 0.274 e. The van der Waals surface area contributed by atoms with Crippen molar-refractivity contribution in [3.05, 3.63) is 64.4 Å². The van der Waals surface area contributed by atoms with Gasteiger partial charge in [0.2, 0.25) is 0 Å². The molecular formula is C18H19N3O. The second-order valence-electron chi connectivity index (χ2n) is 5.59. The molecule has 4 heteroatoms. The van der Waals surface area contributed by atoms with Gasteiger partial charge in [-0.25, -0.2) is 4.68 Å². The first-order valence-corrected chi connectivity index (χ1v) is 7.40. The molecule has 3 aromatic rings. The highest BCUT2D eigenvalue weighted by molar-refractivity contribution is 5.93. The molecule has 0 saturated carbocycles. The van der Waals surface area contributed by atoms with E-state index >= 15 is 0 Å². The van der Waals surface area contributed by atoms with Crippen LogP contribution in [-0.2, 0) is 0 Å². The third kappa shape index (κ3) is 2.42. The number of nitrogens with two attached hydrogens (primary N) is 1. The number of rotatable bonds is 3. The molecule has 4 nitrogen and oxygen atoms in total. The van der Waals surface area contributed by atoms with Gasteiger partial charge >= 0.3 is 0 Å². The van der Waals surface area contributed by atoms with Gasteiger partial charge in [0.1, 0.15) is 0 Å². The van der Waals surface area contributed by atoms with Crippen molar-refractivity contribution in [3.8, 4) is 11.3 Å². The molecule has 3 rings (SSSR count). The fourth-order valence-electron chi connectivity index (χ4n) is 2.53. The molecule has 22 heavy (non-hydrogen) atoms. The van der Waals surface area contributed by atoms with Gasteiger partial charge in [0, 0.05) is 17.5 Å². The lowest BCUT2D eigenvalue weighted by Crippen LogP contribution is -2.30. The predicted molar refractivity (Wildman–Crippen MR) is 89.9 cm³/mol. The molecule has 0 saturated heterocycles. The molecule has 2 aromatic carbocycles. The van der Waals surface area contributed by atoms with Gasteiger partial charge in [-0.3, -0.25) is 4.79 Å². The second-order valence-corrected chi connectivity index (χ2v) is 5.59. The maximum atomic E-state index is 12.6. The first-order valence-electron chi connectivity index (χ1n) is 7.40. The Bertz CT molecular complexity index is 866. The van der Waals surface area contributed by atoms with E-state index in [1.165, 1.54) is 10.2 Å². The molecule has 0 aliphatic rings. The predicted octanol–water partition coefficient (Wildman–Crippen LogP) is 2.89. The minimum Gasteiger partial charge on any atom is -0.328 e. The Morgan fingerprint density at radius 1 is 1.09 bits per heavy atom. The number of hydrogen-bond donors (Lipinski definition) is 1. The minimum absolute atomic E-state index is 0.0931. The monoisotopic (exact) mass is 293 g/mol. The summed E-state index contributed by atoms with van der Waals surface area (Å²) in [6.07, 6.45) is 0. The second kappa shape index (κ2) is 5.73. The highest BCUT2D eigenvalue weighted by Crippen LogP contribution is 2.25. The topological polar surface area (TPSA) is 60.9 Å². The lowest BCUT2D eigenvalue weighted by atomic mass is 10.0. The number of aromatic nitrogens is 2. The van der Waals surface area contributed by atoms with E-state index in [1.807, 2.05) is 62.4 Å². The third-order valence-corrected chi connectivity index (χ3v) is 3.91. The molecule has 1 atom stereocenters. The van der Waals surface area contributed by atoms with E-state index in [-0.39, 0.29) is 11.6 Å². The molecule has 0 amide bonds. The maximum absolute atomic E-state index is 12.6. The van der Waals surface area contributed by atoms with E-state index in [2.05, 4.69) is 5.10 Å². The molecule has 0 spiro atoms. The lowest BCUT2D eigenvalue weighted by molar-refractivity contribution is 0.481. The SMILES string of the molecule is Cc1ccc(-c2nn(C(C)CN)c(=O)c3ccccc23)cc1. The normalized spacial score (nSPS) is 12.5. The van der Waals surface area contributed by atoms with Crippen LogP contribution < -0.4 is 11.3 Å². The Kier molecular flexibility index (Phi) is 3.77. The highest BCUT2D eigenvalue weighted by atomic mass is 16.1. The number of aryl methyl sites for hydroxylation is 1. The molecule has 0 radical (unpaired) electrons. The Morgan fingerprint density at radius 3 is 2.36 bits per heavy atom. The van der Waals surface area contributed by atoms with E-state index < -0.39 is 0 Å². The Morgan fingerprint density at radius 2 is 1.73 bits per heavy atom. The van der Waals surface area contributed by atoms with Crippen LogP contribution in [0.15, 0.2) is 53.3 Å². The van der Waals surface area contributed by atoms with Gasteiger partial charge in [0.25, 0.3) is 5.56 Å². The van der Waals surface area contributed by atoms with Crippen molar-refractivity contribution in [2.45, 2.75) is 19.9 Å². The molecule has 1 unspecified atom stereocenters. The van der Waals surface area contributed by atoms with Crippen LogP contribution in [0.3, 0.4) is 0 Å². The van der Waals surface area contributed by atoms with Crippen molar-refractivity contribution in [2.75, 3.05) is 6.54 Å². The molecule has 0 aliphatic heterocycles. The fourth-order valence-corrected chi connectivity index (χ4v) is 2.53. The molecule has 112 valence electrons. The average molecular weight is 293 g/mol. The van der Waals surface area contributed by atoms with Gasteiger partial charge in [-0.05, 0) is 19.9 Å².